The van der Waals surface area contributed by atoms with Crippen molar-refractivity contribution in [3.63, 3.8) is 0 Å². The molecule has 0 spiro atoms. The minimum Gasteiger partial charge on any atom is -0.447 e. The summed E-state index contributed by atoms with van der Waals surface area (Å²) in [6.07, 6.45) is -0.394. The number of para-hydroxylation sites is 2. The number of nitrogens with zero attached hydrogens (tertiary/aromatic N) is 1. The summed E-state index contributed by atoms with van der Waals surface area (Å²) in [4.78, 5) is 14.6. The molecule has 0 unspecified atom stereocenters. The van der Waals surface area contributed by atoms with Gasteiger partial charge in [0.2, 0.25) is 0 Å². The number of hydrogen-bond acceptors (Lipinski definition) is 3. The van der Waals surface area contributed by atoms with E-state index in [0.29, 0.717) is 25.0 Å². The second-order valence-corrected chi connectivity index (χ2v) is 7.30. The maximum absolute atomic E-state index is 12.4. The molecule has 0 saturated carbocycles. The van der Waals surface area contributed by atoms with Crippen molar-refractivity contribution in [1.29, 1.82) is 0 Å². The number of likely N-dealkylation sites (N-methyl/N-ethyl adjacent to an activating group) is 1. The summed E-state index contributed by atoms with van der Waals surface area (Å²) < 4.78 is 5.48. The molecule has 0 atom stereocenters. The number of rotatable bonds is 8. The third-order valence-electron chi connectivity index (χ3n) is 4.70. The summed E-state index contributed by atoms with van der Waals surface area (Å²) in [5.41, 5.74) is 4.30. The van der Waals surface area contributed by atoms with E-state index in [1.807, 2.05) is 18.2 Å². The number of carbonyl (C=O) groups is 1. The average molecular weight is 369 g/mol. The van der Waals surface area contributed by atoms with Crippen LogP contribution in [0.15, 0.2) is 48.5 Å². The molecule has 2 aromatic rings. The summed E-state index contributed by atoms with van der Waals surface area (Å²) in [5, 5.41) is 2.99. The predicted molar refractivity (Wildman–Crippen MR) is 114 cm³/mol. The van der Waals surface area contributed by atoms with E-state index < -0.39 is 6.09 Å². The Balaban J connectivity index is 2.00. The zero-order valence-electron chi connectivity index (χ0n) is 17.2. The molecular formula is C23H32N2O2. The molecule has 0 aliphatic heterocycles. The molecule has 1 amide bonds. The van der Waals surface area contributed by atoms with Gasteiger partial charge in [0.15, 0.2) is 0 Å². The molecule has 146 valence electrons. The number of nitrogens with one attached hydrogen (secondary N) is 1. The van der Waals surface area contributed by atoms with Gasteiger partial charge in [0.25, 0.3) is 0 Å². The van der Waals surface area contributed by atoms with Crippen molar-refractivity contribution in [3.05, 3.63) is 59.7 Å². The third kappa shape index (κ3) is 5.75. The van der Waals surface area contributed by atoms with Crippen LogP contribution in [0, 0.1) is 0 Å². The van der Waals surface area contributed by atoms with Gasteiger partial charge in [-0.2, -0.15) is 0 Å². The first-order chi connectivity index (χ1) is 12.9. The predicted octanol–water partition coefficient (Wildman–Crippen LogP) is 6.01. The van der Waals surface area contributed by atoms with E-state index in [0.717, 1.165) is 29.0 Å². The number of amides is 1. The molecule has 1 N–H and O–H groups in total. The lowest BCUT2D eigenvalue weighted by atomic mass is 9.93. The van der Waals surface area contributed by atoms with Gasteiger partial charge >= 0.3 is 6.09 Å². The fourth-order valence-electron chi connectivity index (χ4n) is 3.19. The lowest BCUT2D eigenvalue weighted by Gasteiger charge is -2.23. The van der Waals surface area contributed by atoms with Crippen molar-refractivity contribution in [2.24, 2.45) is 0 Å². The molecule has 27 heavy (non-hydrogen) atoms. The molecule has 0 radical (unpaired) electrons. The first-order valence-electron chi connectivity index (χ1n) is 9.80. The van der Waals surface area contributed by atoms with Gasteiger partial charge in [0, 0.05) is 12.2 Å². The van der Waals surface area contributed by atoms with E-state index in [4.69, 9.17) is 4.74 Å². The van der Waals surface area contributed by atoms with E-state index in [-0.39, 0.29) is 0 Å². The Morgan fingerprint density at radius 3 is 2.07 bits per heavy atom. The monoisotopic (exact) mass is 368 g/mol. The smallest absolute Gasteiger partial charge is 0.411 e. The van der Waals surface area contributed by atoms with Crippen molar-refractivity contribution >= 4 is 17.5 Å². The van der Waals surface area contributed by atoms with Gasteiger partial charge in [-0.25, -0.2) is 4.79 Å². The highest BCUT2D eigenvalue weighted by Crippen LogP contribution is 2.32. The Morgan fingerprint density at radius 1 is 0.963 bits per heavy atom. The first kappa shape index (κ1) is 20.8. The Kier molecular flexibility index (Phi) is 7.71. The maximum Gasteiger partial charge on any atom is 0.411 e. The number of hydrogen-bond donors (Lipinski definition) is 1. The minimum atomic E-state index is -0.394. The highest BCUT2D eigenvalue weighted by molar-refractivity contribution is 5.87. The van der Waals surface area contributed by atoms with E-state index in [1.54, 1.807) is 0 Å². The van der Waals surface area contributed by atoms with Crippen LogP contribution < -0.4 is 10.2 Å². The fourth-order valence-corrected chi connectivity index (χ4v) is 3.19. The Morgan fingerprint density at radius 2 is 1.56 bits per heavy atom. The number of anilines is 2. The highest BCUT2D eigenvalue weighted by Gasteiger charge is 2.16. The largest absolute Gasteiger partial charge is 0.447 e. The van der Waals surface area contributed by atoms with Crippen LogP contribution in [0.1, 0.15) is 57.6 Å². The van der Waals surface area contributed by atoms with Gasteiger partial charge in [-0.1, -0.05) is 64.1 Å². The maximum atomic E-state index is 12.4. The van der Waals surface area contributed by atoms with Crippen molar-refractivity contribution in [2.45, 2.75) is 46.5 Å². The number of ether oxygens (including phenoxy) is 1. The lowest BCUT2D eigenvalue weighted by molar-refractivity contribution is 0.164. The third-order valence-corrected chi connectivity index (χ3v) is 4.70. The van der Waals surface area contributed by atoms with Gasteiger partial charge in [0.05, 0.1) is 12.2 Å². The molecule has 2 aromatic carbocycles. The first-order valence-corrected chi connectivity index (χ1v) is 9.80. The van der Waals surface area contributed by atoms with E-state index in [1.165, 1.54) is 0 Å². The average Bonchev–Trinajstić information content (AvgIpc) is 2.65. The van der Waals surface area contributed by atoms with Crippen LogP contribution in [0.25, 0.3) is 0 Å². The second kappa shape index (κ2) is 10.0. The number of benzene rings is 2. The fraction of sp³-hybridized carbons (Fsp3) is 0.435. The minimum absolute atomic E-state index is 0.327. The van der Waals surface area contributed by atoms with Crippen LogP contribution in [0.2, 0.25) is 0 Å². The van der Waals surface area contributed by atoms with E-state index in [2.05, 4.69) is 75.2 Å². The quantitative estimate of drug-likeness (QED) is 0.620. The van der Waals surface area contributed by atoms with Crippen LogP contribution in [0.3, 0.4) is 0 Å². The standard InChI is InChI=1S/C23H32N2O2/c1-6-25(19-11-8-7-9-12-19)15-16-27-23(26)24-22-20(17(2)3)13-10-14-21(22)18(4)5/h7-14,17-18H,6,15-16H2,1-5H3,(H,24,26). The van der Waals surface area contributed by atoms with Crippen LogP contribution >= 0.6 is 0 Å². The van der Waals surface area contributed by atoms with Crippen LogP contribution in [0.4, 0.5) is 16.2 Å². The van der Waals surface area contributed by atoms with Gasteiger partial charge in [0.1, 0.15) is 6.61 Å². The zero-order chi connectivity index (χ0) is 19.8. The van der Waals surface area contributed by atoms with Crippen molar-refractivity contribution in [1.82, 2.24) is 0 Å². The molecule has 0 aromatic heterocycles. The summed E-state index contributed by atoms with van der Waals surface area (Å²) in [5.74, 6) is 0.653. The summed E-state index contributed by atoms with van der Waals surface area (Å²) in [6.45, 7) is 12.5. The molecule has 2 rings (SSSR count). The second-order valence-electron chi connectivity index (χ2n) is 7.30. The van der Waals surface area contributed by atoms with Crippen molar-refractivity contribution in [2.75, 3.05) is 29.9 Å². The molecule has 4 heteroatoms. The summed E-state index contributed by atoms with van der Waals surface area (Å²) in [7, 11) is 0. The zero-order valence-corrected chi connectivity index (χ0v) is 17.2. The van der Waals surface area contributed by atoms with Crippen molar-refractivity contribution in [3.8, 4) is 0 Å². The molecule has 0 saturated heterocycles. The Labute approximate surface area is 163 Å². The van der Waals surface area contributed by atoms with Crippen molar-refractivity contribution < 1.29 is 9.53 Å². The number of carbonyl (C=O) groups excluding carboxylic acids is 1. The van der Waals surface area contributed by atoms with E-state index >= 15 is 0 Å². The Bertz CT molecular complexity index is 700. The van der Waals surface area contributed by atoms with Gasteiger partial charge in [-0.15, -0.1) is 0 Å². The SMILES string of the molecule is CCN(CCOC(=O)Nc1c(C(C)C)cccc1C(C)C)c1ccccc1. The van der Waals surface area contributed by atoms with Gasteiger partial charge in [-0.05, 0) is 42.0 Å². The molecule has 0 fully saturated rings. The highest BCUT2D eigenvalue weighted by atomic mass is 16.5. The topological polar surface area (TPSA) is 41.6 Å². The van der Waals surface area contributed by atoms with Crippen LogP contribution in [-0.2, 0) is 4.74 Å². The van der Waals surface area contributed by atoms with Crippen LogP contribution in [-0.4, -0.2) is 25.8 Å². The molecule has 0 aliphatic carbocycles. The summed E-state index contributed by atoms with van der Waals surface area (Å²) in [6, 6.07) is 16.4. The van der Waals surface area contributed by atoms with Gasteiger partial charge in [-0.3, -0.25) is 5.32 Å². The van der Waals surface area contributed by atoms with Crippen LogP contribution in [0.5, 0.6) is 0 Å². The molecule has 0 bridgehead atoms. The lowest BCUT2D eigenvalue weighted by Crippen LogP contribution is -2.29. The molecular weight excluding hydrogens is 336 g/mol. The Hall–Kier alpha value is -2.49. The van der Waals surface area contributed by atoms with Gasteiger partial charge < -0.3 is 9.64 Å². The van der Waals surface area contributed by atoms with E-state index in [9.17, 15) is 4.79 Å². The summed E-state index contributed by atoms with van der Waals surface area (Å²) >= 11 is 0. The normalized spacial score (nSPS) is 10.9. The molecule has 0 aliphatic rings. The molecule has 4 nitrogen and oxygen atoms in total. The molecule has 0 heterocycles.